The van der Waals surface area contributed by atoms with E-state index < -0.39 is 5.97 Å². The van der Waals surface area contributed by atoms with Gasteiger partial charge in [-0.1, -0.05) is 6.92 Å². The Bertz CT molecular complexity index is 465. The van der Waals surface area contributed by atoms with E-state index in [0.29, 0.717) is 17.5 Å². The van der Waals surface area contributed by atoms with E-state index in [9.17, 15) is 9.90 Å². The van der Waals surface area contributed by atoms with Gasteiger partial charge in [-0.3, -0.25) is 0 Å². The predicted molar refractivity (Wildman–Crippen MR) is 71.2 cm³/mol. The second-order valence-electron chi connectivity index (χ2n) is 5.56. The Kier molecular flexibility index (Phi) is 3.48. The lowest BCUT2D eigenvalue weighted by molar-refractivity contribution is 0.0695. The molecule has 18 heavy (non-hydrogen) atoms. The summed E-state index contributed by atoms with van der Waals surface area (Å²) in [5.41, 5.74) is 2.39. The molecule has 1 saturated heterocycles. The van der Waals surface area contributed by atoms with Crippen LogP contribution >= 0.6 is 0 Å². The number of carboxylic acids is 1. The van der Waals surface area contributed by atoms with Crippen molar-refractivity contribution in [2.45, 2.75) is 33.2 Å². The molecule has 1 fully saturated rings. The number of piperidine rings is 1. The van der Waals surface area contributed by atoms with Gasteiger partial charge in [-0.2, -0.15) is 0 Å². The van der Waals surface area contributed by atoms with Gasteiger partial charge in [0.15, 0.2) is 0 Å². The van der Waals surface area contributed by atoms with Gasteiger partial charge in [0.25, 0.3) is 0 Å². The van der Waals surface area contributed by atoms with Crippen molar-refractivity contribution in [2.75, 3.05) is 20.1 Å². The first-order valence-electron chi connectivity index (χ1n) is 6.52. The minimum Gasteiger partial charge on any atom is -0.478 e. The lowest BCUT2D eigenvalue weighted by atomic mass is 9.93. The summed E-state index contributed by atoms with van der Waals surface area (Å²) in [7, 11) is 2.14. The van der Waals surface area contributed by atoms with E-state index >= 15 is 0 Å². The highest BCUT2D eigenvalue weighted by Crippen LogP contribution is 2.31. The van der Waals surface area contributed by atoms with Gasteiger partial charge >= 0.3 is 5.97 Å². The Hall–Kier alpha value is -1.29. The molecule has 100 valence electrons. The van der Waals surface area contributed by atoms with Crippen LogP contribution in [0, 0.1) is 19.8 Å². The van der Waals surface area contributed by atoms with Gasteiger partial charge in [-0.05, 0) is 45.8 Å². The third-order valence-corrected chi connectivity index (χ3v) is 4.11. The van der Waals surface area contributed by atoms with Gasteiger partial charge in [0.1, 0.15) is 0 Å². The van der Waals surface area contributed by atoms with Crippen LogP contribution in [0.1, 0.15) is 41.1 Å². The van der Waals surface area contributed by atoms with Crippen LogP contribution in [0.3, 0.4) is 0 Å². The fraction of sp³-hybridized carbons (Fsp3) is 0.643. The zero-order chi connectivity index (χ0) is 13.4. The molecule has 0 amide bonds. The molecule has 2 heterocycles. The summed E-state index contributed by atoms with van der Waals surface area (Å²) in [5, 5.41) is 9.19. The van der Waals surface area contributed by atoms with E-state index in [1.807, 2.05) is 13.8 Å². The number of aromatic carboxylic acids is 1. The Morgan fingerprint density at radius 1 is 1.44 bits per heavy atom. The van der Waals surface area contributed by atoms with Gasteiger partial charge in [0.05, 0.1) is 5.56 Å². The van der Waals surface area contributed by atoms with Crippen molar-refractivity contribution in [1.29, 1.82) is 0 Å². The standard InChI is InChI=1S/C14H22N2O2/c1-9-8-15(4)6-5-13(9)16-10(2)7-12(11(16)3)14(17)18/h7,9,13H,5-6,8H2,1-4H3,(H,17,18). The number of carbonyl (C=O) groups is 1. The van der Waals surface area contributed by atoms with Gasteiger partial charge in [-0.25, -0.2) is 4.79 Å². The van der Waals surface area contributed by atoms with Crippen molar-refractivity contribution in [3.8, 4) is 0 Å². The predicted octanol–water partition coefficient (Wildman–Crippen LogP) is 2.32. The molecule has 2 atom stereocenters. The molecule has 4 heteroatoms. The van der Waals surface area contributed by atoms with E-state index in [4.69, 9.17) is 0 Å². The van der Waals surface area contributed by atoms with Crippen molar-refractivity contribution in [3.05, 3.63) is 23.0 Å². The van der Waals surface area contributed by atoms with Gasteiger partial charge in [0, 0.05) is 24.0 Å². The number of likely N-dealkylation sites (tertiary alicyclic amines) is 1. The molecule has 1 aromatic heterocycles. The molecule has 1 N–H and O–H groups in total. The second kappa shape index (κ2) is 4.76. The number of aryl methyl sites for hydroxylation is 1. The van der Waals surface area contributed by atoms with Crippen molar-refractivity contribution >= 4 is 5.97 Å². The molecule has 0 spiro atoms. The highest BCUT2D eigenvalue weighted by Gasteiger charge is 2.28. The van der Waals surface area contributed by atoms with E-state index in [1.54, 1.807) is 6.07 Å². The van der Waals surface area contributed by atoms with Crippen LogP contribution in [-0.2, 0) is 0 Å². The molecule has 4 nitrogen and oxygen atoms in total. The monoisotopic (exact) mass is 250 g/mol. The molecule has 2 unspecified atom stereocenters. The third kappa shape index (κ3) is 2.17. The maximum Gasteiger partial charge on any atom is 0.337 e. The number of hydrogen-bond acceptors (Lipinski definition) is 2. The average molecular weight is 250 g/mol. The molecule has 2 rings (SSSR count). The number of hydrogen-bond donors (Lipinski definition) is 1. The van der Waals surface area contributed by atoms with Gasteiger partial charge in [0.2, 0.25) is 0 Å². The number of aromatic nitrogens is 1. The average Bonchev–Trinajstić information content (AvgIpc) is 2.56. The first kappa shape index (κ1) is 13.1. The van der Waals surface area contributed by atoms with Crippen LogP contribution in [0.4, 0.5) is 0 Å². The summed E-state index contributed by atoms with van der Waals surface area (Å²) in [6.07, 6.45) is 1.09. The Morgan fingerprint density at radius 2 is 2.11 bits per heavy atom. The van der Waals surface area contributed by atoms with E-state index in [0.717, 1.165) is 30.9 Å². The largest absolute Gasteiger partial charge is 0.478 e. The van der Waals surface area contributed by atoms with Crippen molar-refractivity contribution < 1.29 is 9.90 Å². The summed E-state index contributed by atoms with van der Waals surface area (Å²) in [5.74, 6) is -0.273. The first-order valence-corrected chi connectivity index (χ1v) is 6.52. The van der Waals surface area contributed by atoms with Crippen LogP contribution in [0.25, 0.3) is 0 Å². The normalized spacial score (nSPS) is 25.3. The Labute approximate surface area is 108 Å². The third-order valence-electron chi connectivity index (χ3n) is 4.11. The molecule has 1 aromatic rings. The second-order valence-corrected chi connectivity index (χ2v) is 5.56. The molecular weight excluding hydrogens is 228 g/mol. The SMILES string of the molecule is Cc1cc(C(=O)O)c(C)n1C1CCN(C)CC1C. The molecule has 0 saturated carbocycles. The smallest absolute Gasteiger partial charge is 0.337 e. The molecule has 0 aliphatic carbocycles. The molecule has 0 bridgehead atoms. The van der Waals surface area contributed by atoms with E-state index in [-0.39, 0.29) is 0 Å². The summed E-state index contributed by atoms with van der Waals surface area (Å²) in [6.45, 7) is 8.32. The van der Waals surface area contributed by atoms with Gasteiger partial charge in [-0.15, -0.1) is 0 Å². The van der Waals surface area contributed by atoms with Gasteiger partial charge < -0.3 is 14.6 Å². The maximum absolute atomic E-state index is 11.2. The quantitative estimate of drug-likeness (QED) is 0.876. The van der Waals surface area contributed by atoms with E-state index in [1.165, 1.54) is 0 Å². The van der Waals surface area contributed by atoms with Crippen LogP contribution in [0.15, 0.2) is 6.07 Å². The lowest BCUT2D eigenvalue weighted by Gasteiger charge is -2.37. The Balaban J connectivity index is 2.36. The highest BCUT2D eigenvalue weighted by atomic mass is 16.4. The zero-order valence-electron chi connectivity index (χ0n) is 11.6. The van der Waals surface area contributed by atoms with Crippen molar-refractivity contribution in [2.24, 2.45) is 5.92 Å². The van der Waals surface area contributed by atoms with Crippen molar-refractivity contribution in [1.82, 2.24) is 9.47 Å². The number of nitrogens with zero attached hydrogens (tertiary/aromatic N) is 2. The molecule has 1 aliphatic heterocycles. The minimum atomic E-state index is -0.824. The summed E-state index contributed by atoms with van der Waals surface area (Å²) in [4.78, 5) is 13.5. The molecular formula is C14H22N2O2. The number of rotatable bonds is 2. The molecule has 1 aliphatic rings. The Morgan fingerprint density at radius 3 is 2.61 bits per heavy atom. The summed E-state index contributed by atoms with van der Waals surface area (Å²) in [6, 6.07) is 2.22. The van der Waals surface area contributed by atoms with Crippen LogP contribution in [0.5, 0.6) is 0 Å². The topological polar surface area (TPSA) is 45.5 Å². The maximum atomic E-state index is 11.2. The summed E-state index contributed by atoms with van der Waals surface area (Å²) < 4.78 is 2.22. The number of carboxylic acid groups (broad SMARTS) is 1. The fourth-order valence-corrected chi connectivity index (χ4v) is 3.23. The fourth-order valence-electron chi connectivity index (χ4n) is 3.23. The zero-order valence-corrected chi connectivity index (χ0v) is 11.6. The minimum absolute atomic E-state index is 0.425. The molecule has 0 radical (unpaired) electrons. The highest BCUT2D eigenvalue weighted by molar-refractivity contribution is 5.89. The molecule has 0 aromatic carbocycles. The lowest BCUT2D eigenvalue weighted by Crippen LogP contribution is -2.38. The van der Waals surface area contributed by atoms with Crippen LogP contribution < -0.4 is 0 Å². The van der Waals surface area contributed by atoms with Crippen LogP contribution in [0.2, 0.25) is 0 Å². The van der Waals surface area contributed by atoms with Crippen LogP contribution in [-0.4, -0.2) is 40.7 Å². The summed E-state index contributed by atoms with van der Waals surface area (Å²) >= 11 is 0. The van der Waals surface area contributed by atoms with E-state index in [2.05, 4.69) is 23.4 Å². The van der Waals surface area contributed by atoms with Crippen molar-refractivity contribution in [3.63, 3.8) is 0 Å². The first-order chi connectivity index (χ1) is 8.41.